The predicted octanol–water partition coefficient (Wildman–Crippen LogP) is 5.66. The van der Waals surface area contributed by atoms with E-state index in [-0.39, 0.29) is 22.5 Å². The maximum atomic E-state index is 13.2. The normalized spacial score (nSPS) is 12.5. The first-order valence-corrected chi connectivity index (χ1v) is 17.4. The lowest BCUT2D eigenvalue weighted by Gasteiger charge is -2.22. The fraction of sp³-hybridized carbons (Fsp3) is 0. The van der Waals surface area contributed by atoms with Gasteiger partial charge in [0, 0.05) is 38.6 Å². The number of hydrogen-bond donors (Lipinski definition) is 7. The monoisotopic (exact) mass is 681 g/mol. The number of nitrogens with two attached hydrogens (primary N) is 1. The molecule has 8 N–H and O–H groups in total. The summed E-state index contributed by atoms with van der Waals surface area (Å²) in [6.07, 6.45) is 0. The quantitative estimate of drug-likeness (QED) is 0.0797. The maximum Gasteiger partial charge on any atom is 0.298 e. The van der Waals surface area contributed by atoms with Crippen molar-refractivity contribution in [1.29, 1.82) is 0 Å². The summed E-state index contributed by atoms with van der Waals surface area (Å²) in [7, 11) is -15.7. The predicted molar refractivity (Wildman–Crippen MR) is 174 cm³/mol. The Balaban J connectivity index is 1.77. The molecular formula is C30H23N3O10S3. The molecule has 0 fully saturated rings. The third-order valence-electron chi connectivity index (χ3n) is 7.29. The highest BCUT2D eigenvalue weighted by molar-refractivity contribution is 7.87. The van der Waals surface area contributed by atoms with Crippen molar-refractivity contribution in [3.8, 4) is 5.75 Å². The molecule has 0 aliphatic carbocycles. The molecule has 0 aliphatic heterocycles. The summed E-state index contributed by atoms with van der Waals surface area (Å²) < 4.78 is 107. The second-order valence-electron chi connectivity index (χ2n) is 10.3. The molecule has 0 unspecified atom stereocenters. The van der Waals surface area contributed by atoms with E-state index in [1.165, 1.54) is 24.3 Å². The molecule has 13 nitrogen and oxygen atoms in total. The van der Waals surface area contributed by atoms with E-state index in [0.717, 1.165) is 18.2 Å². The van der Waals surface area contributed by atoms with Gasteiger partial charge in [-0.25, -0.2) is 0 Å². The van der Waals surface area contributed by atoms with Crippen LogP contribution in [0.3, 0.4) is 0 Å². The smallest absolute Gasteiger partial charge is 0.298 e. The number of anilines is 5. The maximum absolute atomic E-state index is 13.2. The van der Waals surface area contributed by atoms with Gasteiger partial charge >= 0.3 is 0 Å². The number of benzene rings is 6. The van der Waals surface area contributed by atoms with Crippen LogP contribution in [0.15, 0.2) is 106 Å². The van der Waals surface area contributed by atoms with Gasteiger partial charge in [-0.2, -0.15) is 25.3 Å². The molecule has 6 rings (SSSR count). The van der Waals surface area contributed by atoms with Crippen LogP contribution >= 0.6 is 0 Å². The zero-order valence-electron chi connectivity index (χ0n) is 23.2. The van der Waals surface area contributed by atoms with Gasteiger partial charge in [0.1, 0.15) is 15.5 Å². The Bertz CT molecular complexity index is 2590. The molecule has 0 bridgehead atoms. The molecular weight excluding hydrogens is 659 g/mol. The molecule has 236 valence electrons. The van der Waals surface area contributed by atoms with Crippen LogP contribution in [0.2, 0.25) is 0 Å². The summed E-state index contributed by atoms with van der Waals surface area (Å²) in [4.78, 5) is -2.85. The van der Waals surface area contributed by atoms with Crippen LogP contribution < -0.4 is 16.4 Å². The minimum Gasteiger partial charge on any atom is -0.507 e. The van der Waals surface area contributed by atoms with Crippen molar-refractivity contribution in [2.75, 3.05) is 16.4 Å². The highest BCUT2D eigenvalue weighted by Crippen LogP contribution is 2.46. The number of aromatic hydroxyl groups is 1. The molecule has 0 saturated carbocycles. The van der Waals surface area contributed by atoms with Gasteiger partial charge in [-0.15, -0.1) is 0 Å². The van der Waals surface area contributed by atoms with E-state index >= 15 is 0 Å². The van der Waals surface area contributed by atoms with Crippen molar-refractivity contribution in [3.63, 3.8) is 0 Å². The summed E-state index contributed by atoms with van der Waals surface area (Å²) in [6.45, 7) is 0. The first-order valence-electron chi connectivity index (χ1n) is 13.1. The number of phenols is 1. The molecule has 0 amide bonds. The first kappa shape index (κ1) is 31.0. The summed E-state index contributed by atoms with van der Waals surface area (Å²) in [5.74, 6) is -0.139. The molecule has 6 aromatic rings. The van der Waals surface area contributed by atoms with Crippen molar-refractivity contribution in [2.24, 2.45) is 0 Å². The summed E-state index contributed by atoms with van der Waals surface area (Å²) >= 11 is 0. The van der Waals surface area contributed by atoms with Crippen LogP contribution in [0.4, 0.5) is 28.4 Å². The first-order chi connectivity index (χ1) is 21.5. The summed E-state index contributed by atoms with van der Waals surface area (Å²) in [6, 6.07) is 21.5. The number of nitrogens with one attached hydrogen (secondary N) is 2. The standard InChI is InChI=1S/C30H23N3O10S3/c31-18-9-7-16-3-1-5-25(22(16)13-18)33-27-24-15-20(44(35,36)37)11-12-21(24)29(45(38,39)40)28(30(27)46(41,42)43)32-19-10-8-17-4-2-6-26(34)23(17)14-19/h1-15,32-34H,31H2,(H,35,36,37)(H,38,39,40)(H,41,42,43). The lowest BCUT2D eigenvalue weighted by molar-refractivity contribution is 0.480. The van der Waals surface area contributed by atoms with Gasteiger partial charge in [0.25, 0.3) is 30.4 Å². The number of fused-ring (bicyclic) bond motifs is 3. The average Bonchev–Trinajstić information content (AvgIpc) is 2.96. The highest BCUT2D eigenvalue weighted by atomic mass is 32.2. The van der Waals surface area contributed by atoms with Crippen molar-refractivity contribution >= 4 is 91.1 Å². The summed E-state index contributed by atoms with van der Waals surface area (Å²) in [5.41, 5.74) is 5.30. The van der Waals surface area contributed by atoms with Crippen molar-refractivity contribution in [2.45, 2.75) is 14.7 Å². The Morgan fingerprint density at radius 2 is 1.20 bits per heavy atom. The lowest BCUT2D eigenvalue weighted by atomic mass is 10.0. The van der Waals surface area contributed by atoms with Gasteiger partial charge in [-0.1, -0.05) is 42.5 Å². The summed E-state index contributed by atoms with van der Waals surface area (Å²) in [5, 5.41) is 17.2. The number of hydrogen-bond acceptors (Lipinski definition) is 10. The minimum atomic E-state index is -5.43. The molecule has 0 spiro atoms. The zero-order chi connectivity index (χ0) is 33.2. The Kier molecular flexibility index (Phi) is 7.31. The van der Waals surface area contributed by atoms with E-state index in [0.29, 0.717) is 27.2 Å². The van der Waals surface area contributed by atoms with E-state index in [1.807, 2.05) is 0 Å². The van der Waals surface area contributed by atoms with Gasteiger partial charge in [-0.3, -0.25) is 13.7 Å². The number of rotatable bonds is 7. The van der Waals surface area contributed by atoms with E-state index in [1.54, 1.807) is 48.5 Å². The molecule has 0 heterocycles. The largest absolute Gasteiger partial charge is 0.507 e. The van der Waals surface area contributed by atoms with Crippen LogP contribution in [0.5, 0.6) is 5.75 Å². The SMILES string of the molecule is Nc1ccc2cccc(Nc3c(S(=O)(=O)O)c(Nc4ccc5cccc(O)c5c4)c(S(=O)(=O)O)c4ccc(S(=O)(=O)O)cc34)c2c1. The second kappa shape index (κ2) is 10.8. The third kappa shape index (κ3) is 5.64. The van der Waals surface area contributed by atoms with Gasteiger partial charge in [0.15, 0.2) is 0 Å². The van der Waals surface area contributed by atoms with Crippen molar-refractivity contribution in [1.82, 2.24) is 0 Å². The lowest BCUT2D eigenvalue weighted by Crippen LogP contribution is -2.14. The Labute approximate surface area is 262 Å². The minimum absolute atomic E-state index is 0.0431. The molecule has 0 aliphatic rings. The van der Waals surface area contributed by atoms with E-state index in [4.69, 9.17) is 5.73 Å². The number of phenolic OH excluding ortho intramolecular Hbond substituents is 1. The van der Waals surface area contributed by atoms with Gasteiger partial charge in [-0.05, 0) is 59.3 Å². The topological polar surface area (TPSA) is 233 Å². The van der Waals surface area contributed by atoms with Crippen LogP contribution in [0.1, 0.15) is 0 Å². The van der Waals surface area contributed by atoms with Gasteiger partial charge in [0.05, 0.1) is 16.3 Å². The van der Waals surface area contributed by atoms with E-state index in [9.17, 15) is 44.0 Å². The van der Waals surface area contributed by atoms with E-state index < -0.39 is 61.8 Å². The Hall–Kier alpha value is -4.97. The van der Waals surface area contributed by atoms with Crippen LogP contribution in [0, 0.1) is 0 Å². The number of nitrogen functional groups attached to an aromatic ring is 1. The molecule has 0 atom stereocenters. The van der Waals surface area contributed by atoms with Crippen LogP contribution in [-0.4, -0.2) is 44.0 Å². The fourth-order valence-electron chi connectivity index (χ4n) is 5.35. The average molecular weight is 682 g/mol. The Morgan fingerprint density at radius 1 is 0.543 bits per heavy atom. The van der Waals surface area contributed by atoms with Crippen LogP contribution in [0.25, 0.3) is 32.3 Å². The molecule has 46 heavy (non-hydrogen) atoms. The van der Waals surface area contributed by atoms with Gasteiger partial charge < -0.3 is 21.5 Å². The molecule has 16 heteroatoms. The third-order valence-corrected chi connectivity index (χ3v) is 10.0. The molecule has 0 radical (unpaired) electrons. The molecule has 0 saturated heterocycles. The van der Waals surface area contributed by atoms with Crippen LogP contribution in [-0.2, 0) is 30.4 Å². The van der Waals surface area contributed by atoms with Crippen molar-refractivity contribution in [3.05, 3.63) is 91.0 Å². The van der Waals surface area contributed by atoms with Gasteiger partial charge in [0.2, 0.25) is 0 Å². The second-order valence-corrected chi connectivity index (χ2v) is 14.4. The Morgan fingerprint density at radius 3 is 1.87 bits per heavy atom. The fourth-order valence-corrected chi connectivity index (χ4v) is 7.62. The molecule has 6 aromatic carbocycles. The molecule has 0 aromatic heterocycles. The van der Waals surface area contributed by atoms with Crippen molar-refractivity contribution < 1.29 is 44.0 Å². The zero-order valence-corrected chi connectivity index (χ0v) is 25.7. The van der Waals surface area contributed by atoms with E-state index in [2.05, 4.69) is 10.6 Å². The highest BCUT2D eigenvalue weighted by Gasteiger charge is 2.33.